The maximum Gasteiger partial charge on any atom is 0.0540 e. The largest absolute Gasteiger partial charge is 0.395 e. The molecule has 0 aliphatic carbocycles. The summed E-state index contributed by atoms with van der Waals surface area (Å²) in [7, 11) is 2.13. The Morgan fingerprint density at radius 3 is 2.76 bits per heavy atom. The van der Waals surface area contributed by atoms with Crippen molar-refractivity contribution in [3.8, 4) is 11.8 Å². The van der Waals surface area contributed by atoms with Gasteiger partial charge in [0.1, 0.15) is 0 Å². The molecule has 2 nitrogen and oxygen atoms in total. The van der Waals surface area contributed by atoms with Crippen molar-refractivity contribution in [2.75, 3.05) is 20.2 Å². The van der Waals surface area contributed by atoms with Crippen molar-refractivity contribution in [1.29, 1.82) is 0 Å². The second-order valence-corrected chi connectivity index (χ2v) is 4.17. The van der Waals surface area contributed by atoms with E-state index in [0.717, 1.165) is 25.1 Å². The van der Waals surface area contributed by atoms with Crippen LogP contribution in [0.4, 0.5) is 0 Å². The second-order valence-electron chi connectivity index (χ2n) is 4.17. The van der Waals surface area contributed by atoms with E-state index in [0.29, 0.717) is 6.42 Å². The van der Waals surface area contributed by atoms with Crippen molar-refractivity contribution in [3.63, 3.8) is 0 Å². The number of aliphatic hydroxyl groups is 1. The monoisotopic (exact) mass is 231 g/mol. The lowest BCUT2D eigenvalue weighted by Crippen LogP contribution is -2.19. The highest BCUT2D eigenvalue weighted by Crippen LogP contribution is 2.10. The van der Waals surface area contributed by atoms with Crippen molar-refractivity contribution in [3.05, 3.63) is 35.4 Å². The molecule has 0 aliphatic heterocycles. The average Bonchev–Trinajstić information content (AvgIpc) is 2.32. The summed E-state index contributed by atoms with van der Waals surface area (Å²) >= 11 is 0. The normalized spacial score (nSPS) is 10.1. The van der Waals surface area contributed by atoms with Gasteiger partial charge >= 0.3 is 0 Å². The maximum absolute atomic E-state index is 8.72. The first-order chi connectivity index (χ1) is 8.27. The minimum absolute atomic E-state index is 0.130. The first-order valence-electron chi connectivity index (χ1n) is 6.14. The Morgan fingerprint density at radius 2 is 2.06 bits per heavy atom. The van der Waals surface area contributed by atoms with Gasteiger partial charge in [0.15, 0.2) is 0 Å². The molecule has 92 valence electrons. The van der Waals surface area contributed by atoms with Gasteiger partial charge in [0, 0.05) is 18.5 Å². The zero-order valence-electron chi connectivity index (χ0n) is 10.7. The number of benzene rings is 1. The van der Waals surface area contributed by atoms with Crippen LogP contribution in [0, 0.1) is 11.8 Å². The Kier molecular flexibility index (Phi) is 6.39. The molecule has 0 radical (unpaired) electrons. The van der Waals surface area contributed by atoms with Crippen LogP contribution in [0.5, 0.6) is 0 Å². The molecule has 0 bridgehead atoms. The Balaban J connectivity index is 2.74. The zero-order chi connectivity index (χ0) is 12.5. The second kappa shape index (κ2) is 7.89. The fraction of sp³-hybridized carbons (Fsp3) is 0.467. The molecule has 1 aromatic carbocycles. The molecule has 0 saturated carbocycles. The highest BCUT2D eigenvalue weighted by molar-refractivity contribution is 5.41. The van der Waals surface area contributed by atoms with Crippen molar-refractivity contribution in [2.45, 2.75) is 26.3 Å². The fourth-order valence-electron chi connectivity index (χ4n) is 1.75. The molecule has 0 amide bonds. The van der Waals surface area contributed by atoms with Crippen molar-refractivity contribution in [2.24, 2.45) is 0 Å². The van der Waals surface area contributed by atoms with Crippen molar-refractivity contribution < 1.29 is 5.11 Å². The summed E-state index contributed by atoms with van der Waals surface area (Å²) in [6, 6.07) is 8.22. The van der Waals surface area contributed by atoms with Gasteiger partial charge in [-0.15, -0.1) is 0 Å². The predicted octanol–water partition coefficient (Wildman–Crippen LogP) is 2.26. The average molecular weight is 231 g/mol. The summed E-state index contributed by atoms with van der Waals surface area (Å²) in [5.41, 5.74) is 2.33. The molecule has 17 heavy (non-hydrogen) atoms. The molecule has 0 spiro atoms. The molecule has 0 saturated heterocycles. The lowest BCUT2D eigenvalue weighted by molar-refractivity contribution is 0.305. The number of rotatable bonds is 5. The molecular weight excluding hydrogens is 210 g/mol. The lowest BCUT2D eigenvalue weighted by atomic mass is 10.1. The van der Waals surface area contributed by atoms with Crippen LogP contribution in [0.25, 0.3) is 0 Å². The number of aliphatic hydroxyl groups excluding tert-OH is 1. The van der Waals surface area contributed by atoms with Crippen molar-refractivity contribution in [1.82, 2.24) is 4.90 Å². The quantitative estimate of drug-likeness (QED) is 0.786. The first kappa shape index (κ1) is 13.8. The summed E-state index contributed by atoms with van der Waals surface area (Å²) in [6.45, 7) is 4.34. The molecule has 0 fully saturated rings. The fourth-order valence-corrected chi connectivity index (χ4v) is 1.75. The van der Waals surface area contributed by atoms with Gasteiger partial charge in [0.2, 0.25) is 0 Å². The Bertz CT molecular complexity index is 389. The molecule has 0 unspecified atom stereocenters. The van der Waals surface area contributed by atoms with Crippen LogP contribution in [-0.2, 0) is 6.54 Å². The van der Waals surface area contributed by atoms with Gasteiger partial charge in [-0.05, 0) is 31.6 Å². The molecule has 2 heteroatoms. The van der Waals surface area contributed by atoms with E-state index in [2.05, 4.69) is 36.8 Å². The molecule has 1 rings (SSSR count). The van der Waals surface area contributed by atoms with Crippen LogP contribution in [0.3, 0.4) is 0 Å². The highest BCUT2D eigenvalue weighted by atomic mass is 16.2. The van der Waals surface area contributed by atoms with Gasteiger partial charge in [-0.1, -0.05) is 37.0 Å². The number of nitrogens with zero attached hydrogens (tertiary/aromatic N) is 1. The van der Waals surface area contributed by atoms with E-state index in [1.54, 1.807) is 0 Å². The first-order valence-corrected chi connectivity index (χ1v) is 6.14. The molecule has 1 N–H and O–H groups in total. The maximum atomic E-state index is 8.72. The minimum Gasteiger partial charge on any atom is -0.395 e. The van der Waals surface area contributed by atoms with Gasteiger partial charge in [-0.2, -0.15) is 0 Å². The summed E-state index contributed by atoms with van der Waals surface area (Å²) in [5.74, 6) is 6.10. The van der Waals surface area contributed by atoms with E-state index in [1.165, 1.54) is 5.56 Å². The summed E-state index contributed by atoms with van der Waals surface area (Å²) < 4.78 is 0. The van der Waals surface area contributed by atoms with Crippen LogP contribution in [0.1, 0.15) is 30.9 Å². The molecule has 0 aromatic heterocycles. The van der Waals surface area contributed by atoms with Crippen molar-refractivity contribution >= 4 is 0 Å². The number of hydrogen-bond donors (Lipinski definition) is 1. The summed E-state index contributed by atoms with van der Waals surface area (Å²) in [5, 5.41) is 8.72. The Hall–Kier alpha value is -1.30. The molecule has 0 atom stereocenters. The zero-order valence-corrected chi connectivity index (χ0v) is 10.7. The van der Waals surface area contributed by atoms with E-state index >= 15 is 0 Å². The van der Waals surface area contributed by atoms with Gasteiger partial charge < -0.3 is 10.0 Å². The van der Waals surface area contributed by atoms with Crippen LogP contribution in [0.15, 0.2) is 24.3 Å². The third-order valence-electron chi connectivity index (χ3n) is 2.52. The van der Waals surface area contributed by atoms with E-state index in [4.69, 9.17) is 5.11 Å². The van der Waals surface area contributed by atoms with Gasteiger partial charge in [-0.25, -0.2) is 0 Å². The van der Waals surface area contributed by atoms with Crippen LogP contribution in [0.2, 0.25) is 0 Å². The molecule has 0 heterocycles. The van der Waals surface area contributed by atoms with E-state index in [9.17, 15) is 0 Å². The standard InChI is InChI=1S/C15H21NO/c1-3-11-16(2)13-15-10-5-4-8-14(15)9-6-7-12-17/h4-5,8,10,17H,3,7,11-13H2,1-2H3. The van der Waals surface area contributed by atoms with Crippen LogP contribution >= 0.6 is 0 Å². The van der Waals surface area contributed by atoms with Crippen LogP contribution in [-0.4, -0.2) is 30.2 Å². The van der Waals surface area contributed by atoms with E-state index in [1.807, 2.05) is 18.2 Å². The van der Waals surface area contributed by atoms with E-state index in [-0.39, 0.29) is 6.61 Å². The van der Waals surface area contributed by atoms with Gasteiger partial charge in [0.25, 0.3) is 0 Å². The molecular formula is C15H21NO. The Morgan fingerprint density at radius 1 is 1.29 bits per heavy atom. The third-order valence-corrected chi connectivity index (χ3v) is 2.52. The minimum atomic E-state index is 0.130. The van der Waals surface area contributed by atoms with Crippen LogP contribution < -0.4 is 0 Å². The SMILES string of the molecule is CCCN(C)Cc1ccccc1C#CCCO. The highest BCUT2D eigenvalue weighted by Gasteiger charge is 2.02. The molecule has 1 aromatic rings. The lowest BCUT2D eigenvalue weighted by Gasteiger charge is -2.16. The predicted molar refractivity (Wildman–Crippen MR) is 71.6 cm³/mol. The van der Waals surface area contributed by atoms with E-state index < -0.39 is 0 Å². The topological polar surface area (TPSA) is 23.5 Å². The number of hydrogen-bond acceptors (Lipinski definition) is 2. The van der Waals surface area contributed by atoms with Gasteiger partial charge in [-0.3, -0.25) is 0 Å². The van der Waals surface area contributed by atoms with Gasteiger partial charge in [0.05, 0.1) is 6.61 Å². The Labute approximate surface area is 104 Å². The third kappa shape index (κ3) is 5.04. The summed E-state index contributed by atoms with van der Waals surface area (Å²) in [6.07, 6.45) is 1.70. The molecule has 0 aliphatic rings. The smallest absolute Gasteiger partial charge is 0.0540 e. The summed E-state index contributed by atoms with van der Waals surface area (Å²) in [4.78, 5) is 2.30.